The number of hydrogen-bond acceptors (Lipinski definition) is 5. The zero-order valence-electron chi connectivity index (χ0n) is 16.5. The van der Waals surface area contributed by atoms with E-state index in [2.05, 4.69) is 0 Å². The number of ether oxygens (including phenoxy) is 1. The van der Waals surface area contributed by atoms with Crippen LogP contribution in [0.3, 0.4) is 0 Å². The van der Waals surface area contributed by atoms with Crippen molar-refractivity contribution in [1.82, 2.24) is 4.90 Å². The highest BCUT2D eigenvalue weighted by Gasteiger charge is 2.41. The van der Waals surface area contributed by atoms with Crippen molar-refractivity contribution >= 4 is 17.5 Å². The van der Waals surface area contributed by atoms with Gasteiger partial charge >= 0.3 is 0 Å². The van der Waals surface area contributed by atoms with Crippen LogP contribution in [0.15, 0.2) is 47.1 Å². The summed E-state index contributed by atoms with van der Waals surface area (Å²) in [6, 6.07) is 10.5. The highest BCUT2D eigenvalue weighted by Crippen LogP contribution is 2.35. The molecule has 29 heavy (non-hydrogen) atoms. The lowest BCUT2D eigenvalue weighted by Crippen LogP contribution is -2.53. The standard InChI is InChI=1S/C22H26N2O5/c1-23(18-8-5-12-24(21(18)26)16-6-3-2-4-7-16)20(25)17-9-13-29-19(17)22(27)10-14-28-15-11-22/h2-4,6-7,9,13,18,27H,5,8,10-12,14-15H2,1H3/t18-/m0/s1. The van der Waals surface area contributed by atoms with Crippen LogP contribution in [0.1, 0.15) is 41.8 Å². The van der Waals surface area contributed by atoms with Crippen molar-refractivity contribution in [1.29, 1.82) is 0 Å². The molecule has 0 spiro atoms. The van der Waals surface area contributed by atoms with Crippen LogP contribution in [-0.2, 0) is 15.1 Å². The number of benzene rings is 1. The Morgan fingerprint density at radius 1 is 1.21 bits per heavy atom. The molecule has 2 aliphatic heterocycles. The number of amides is 2. The molecule has 0 bridgehead atoms. The largest absolute Gasteiger partial charge is 0.465 e. The summed E-state index contributed by atoms with van der Waals surface area (Å²) >= 11 is 0. The normalized spacial score (nSPS) is 21.8. The first-order chi connectivity index (χ1) is 14.0. The minimum Gasteiger partial charge on any atom is -0.465 e. The Morgan fingerprint density at radius 3 is 2.66 bits per heavy atom. The molecule has 7 nitrogen and oxygen atoms in total. The number of rotatable bonds is 4. The van der Waals surface area contributed by atoms with Gasteiger partial charge in [0, 0.05) is 45.3 Å². The van der Waals surface area contributed by atoms with Gasteiger partial charge in [-0.15, -0.1) is 0 Å². The van der Waals surface area contributed by atoms with Gasteiger partial charge in [0.1, 0.15) is 17.4 Å². The van der Waals surface area contributed by atoms with Crippen molar-refractivity contribution < 1.29 is 23.8 Å². The molecular formula is C22H26N2O5. The highest BCUT2D eigenvalue weighted by molar-refractivity contribution is 6.03. The van der Waals surface area contributed by atoms with Gasteiger partial charge in [0.05, 0.1) is 11.8 Å². The van der Waals surface area contributed by atoms with Crippen molar-refractivity contribution in [3.05, 3.63) is 54.0 Å². The maximum atomic E-state index is 13.3. The summed E-state index contributed by atoms with van der Waals surface area (Å²) in [5.41, 5.74) is -0.0784. The van der Waals surface area contributed by atoms with E-state index < -0.39 is 11.6 Å². The predicted octanol–water partition coefficient (Wildman–Crippen LogP) is 2.55. The van der Waals surface area contributed by atoms with Gasteiger partial charge in [-0.25, -0.2) is 0 Å². The summed E-state index contributed by atoms with van der Waals surface area (Å²) in [6.45, 7) is 1.46. The number of aliphatic hydroxyl groups is 1. The highest BCUT2D eigenvalue weighted by atomic mass is 16.5. The Labute approximate surface area is 169 Å². The van der Waals surface area contributed by atoms with Crippen LogP contribution >= 0.6 is 0 Å². The second-order valence-electron chi connectivity index (χ2n) is 7.71. The number of anilines is 1. The minimum atomic E-state index is -1.22. The lowest BCUT2D eigenvalue weighted by atomic mass is 9.89. The van der Waals surface area contributed by atoms with Gasteiger partial charge in [0.15, 0.2) is 0 Å². The average molecular weight is 398 g/mol. The van der Waals surface area contributed by atoms with Crippen molar-refractivity contribution in [3.63, 3.8) is 0 Å². The lowest BCUT2D eigenvalue weighted by Gasteiger charge is -2.37. The number of furan rings is 1. The third-order valence-corrected chi connectivity index (χ3v) is 5.90. The first-order valence-electron chi connectivity index (χ1n) is 10.0. The fraction of sp³-hybridized carbons (Fsp3) is 0.455. The second kappa shape index (κ2) is 8.00. The van der Waals surface area contributed by atoms with Gasteiger partial charge in [-0.2, -0.15) is 0 Å². The fourth-order valence-electron chi connectivity index (χ4n) is 4.19. The first kappa shape index (κ1) is 19.7. The number of nitrogens with zero attached hydrogens (tertiary/aromatic N) is 2. The molecule has 3 heterocycles. The maximum absolute atomic E-state index is 13.3. The Kier molecular flexibility index (Phi) is 5.43. The van der Waals surface area contributed by atoms with Crippen LogP contribution in [-0.4, -0.2) is 54.7 Å². The van der Waals surface area contributed by atoms with Gasteiger partial charge in [-0.3, -0.25) is 9.59 Å². The molecule has 1 atom stereocenters. The molecule has 2 saturated heterocycles. The van der Waals surface area contributed by atoms with Gasteiger partial charge in [0.25, 0.3) is 5.91 Å². The molecule has 0 radical (unpaired) electrons. The minimum absolute atomic E-state index is 0.0897. The van der Waals surface area contributed by atoms with E-state index in [0.717, 1.165) is 12.1 Å². The summed E-state index contributed by atoms with van der Waals surface area (Å²) in [7, 11) is 1.64. The Hall–Kier alpha value is -2.64. The van der Waals surface area contributed by atoms with E-state index >= 15 is 0 Å². The number of likely N-dealkylation sites (N-methyl/N-ethyl adjacent to an activating group) is 1. The predicted molar refractivity (Wildman–Crippen MR) is 107 cm³/mol. The van der Waals surface area contributed by atoms with Crippen LogP contribution in [0.2, 0.25) is 0 Å². The Morgan fingerprint density at radius 2 is 1.93 bits per heavy atom. The van der Waals surface area contributed by atoms with E-state index in [-0.39, 0.29) is 17.6 Å². The topological polar surface area (TPSA) is 83.2 Å². The number of hydrogen-bond donors (Lipinski definition) is 1. The van der Waals surface area contributed by atoms with E-state index in [9.17, 15) is 14.7 Å². The molecule has 2 fully saturated rings. The molecule has 154 valence electrons. The molecule has 0 unspecified atom stereocenters. The number of piperidine rings is 1. The van der Waals surface area contributed by atoms with Gasteiger partial charge in [-0.1, -0.05) is 18.2 Å². The molecule has 0 saturated carbocycles. The smallest absolute Gasteiger partial charge is 0.257 e. The van der Waals surface area contributed by atoms with E-state index in [1.54, 1.807) is 18.0 Å². The van der Waals surface area contributed by atoms with Crippen molar-refractivity contribution in [2.45, 2.75) is 37.3 Å². The Balaban J connectivity index is 1.56. The quantitative estimate of drug-likeness (QED) is 0.856. The van der Waals surface area contributed by atoms with Gasteiger partial charge in [-0.05, 0) is 31.0 Å². The summed E-state index contributed by atoms with van der Waals surface area (Å²) in [6.07, 6.45) is 3.57. The Bertz CT molecular complexity index is 872. The molecule has 1 aromatic carbocycles. The van der Waals surface area contributed by atoms with Crippen LogP contribution in [0.25, 0.3) is 0 Å². The number of para-hydroxylation sites is 1. The zero-order valence-corrected chi connectivity index (χ0v) is 16.5. The summed E-state index contributed by atoms with van der Waals surface area (Å²) in [4.78, 5) is 29.6. The van der Waals surface area contributed by atoms with E-state index in [0.29, 0.717) is 44.6 Å². The van der Waals surface area contributed by atoms with Crippen LogP contribution in [0.4, 0.5) is 5.69 Å². The van der Waals surface area contributed by atoms with E-state index in [4.69, 9.17) is 9.15 Å². The summed E-state index contributed by atoms with van der Waals surface area (Å²) < 4.78 is 10.9. The van der Waals surface area contributed by atoms with Gasteiger partial charge < -0.3 is 24.1 Å². The molecule has 1 N–H and O–H groups in total. The van der Waals surface area contributed by atoms with Crippen molar-refractivity contribution in [2.75, 3.05) is 31.7 Å². The molecule has 2 aromatic rings. The third kappa shape index (κ3) is 3.68. The monoisotopic (exact) mass is 398 g/mol. The fourth-order valence-corrected chi connectivity index (χ4v) is 4.19. The molecule has 7 heteroatoms. The number of carbonyl (C=O) groups is 2. The van der Waals surface area contributed by atoms with Crippen LogP contribution < -0.4 is 4.90 Å². The molecular weight excluding hydrogens is 372 g/mol. The van der Waals surface area contributed by atoms with E-state index in [1.165, 1.54) is 11.2 Å². The van der Waals surface area contributed by atoms with Crippen LogP contribution in [0, 0.1) is 0 Å². The second-order valence-corrected chi connectivity index (χ2v) is 7.71. The molecule has 4 rings (SSSR count). The van der Waals surface area contributed by atoms with Gasteiger partial charge in [0.2, 0.25) is 5.91 Å². The number of carbonyl (C=O) groups excluding carboxylic acids is 2. The summed E-state index contributed by atoms with van der Waals surface area (Å²) in [5, 5.41) is 11.0. The third-order valence-electron chi connectivity index (χ3n) is 5.90. The van der Waals surface area contributed by atoms with Crippen LogP contribution in [0.5, 0.6) is 0 Å². The molecule has 2 amide bonds. The van der Waals surface area contributed by atoms with Crippen molar-refractivity contribution in [3.8, 4) is 0 Å². The zero-order chi connectivity index (χ0) is 20.4. The lowest BCUT2D eigenvalue weighted by molar-refractivity contribution is -0.124. The SMILES string of the molecule is CN(C(=O)c1ccoc1C1(O)CCOCC1)[C@H]1CCCN(c2ccccc2)C1=O. The first-order valence-corrected chi connectivity index (χ1v) is 10.0. The molecule has 2 aliphatic rings. The van der Waals surface area contributed by atoms with Crippen molar-refractivity contribution in [2.24, 2.45) is 0 Å². The maximum Gasteiger partial charge on any atom is 0.257 e. The molecule has 1 aromatic heterocycles. The van der Waals surface area contributed by atoms with E-state index in [1.807, 2.05) is 30.3 Å². The average Bonchev–Trinajstić information content (AvgIpc) is 3.25. The molecule has 0 aliphatic carbocycles. The summed E-state index contributed by atoms with van der Waals surface area (Å²) in [5.74, 6) is -0.143.